The van der Waals surface area contributed by atoms with Crippen molar-refractivity contribution in [3.05, 3.63) is 64.4 Å². The van der Waals surface area contributed by atoms with Crippen LogP contribution in [-0.2, 0) is 0 Å². The molecule has 1 aliphatic heterocycles. The van der Waals surface area contributed by atoms with Gasteiger partial charge in [0.05, 0.1) is 18.2 Å². The molecule has 0 spiro atoms. The molecule has 3 rings (SSSR count). The van der Waals surface area contributed by atoms with Crippen LogP contribution >= 0.6 is 11.6 Å². The third-order valence-corrected chi connectivity index (χ3v) is 3.67. The summed E-state index contributed by atoms with van der Waals surface area (Å²) in [6.45, 7) is 0.519. The van der Waals surface area contributed by atoms with E-state index in [-0.39, 0.29) is 16.6 Å². The highest BCUT2D eigenvalue weighted by Crippen LogP contribution is 2.31. The Morgan fingerprint density at radius 3 is 2.90 bits per heavy atom. The number of ether oxygens (including phenoxy) is 1. The molecule has 2 aromatic rings. The minimum absolute atomic E-state index is 0.0108. The van der Waals surface area contributed by atoms with Crippen LogP contribution in [0.2, 0.25) is 5.02 Å². The fraction of sp³-hybridized carbons (Fsp3) is 0.188. The van der Waals surface area contributed by atoms with E-state index < -0.39 is 11.7 Å². The van der Waals surface area contributed by atoms with Crippen molar-refractivity contribution in [1.82, 2.24) is 5.32 Å². The Morgan fingerprint density at radius 2 is 2.10 bits per heavy atom. The van der Waals surface area contributed by atoms with Gasteiger partial charge in [-0.05, 0) is 24.3 Å². The van der Waals surface area contributed by atoms with E-state index in [1.54, 1.807) is 0 Å². The quantitative estimate of drug-likeness (QED) is 0.918. The number of rotatable bonds is 2. The maximum Gasteiger partial charge on any atom is 0.254 e. The number of hydrogen-bond donors (Lipinski definition) is 1. The van der Waals surface area contributed by atoms with Crippen LogP contribution in [0, 0.1) is 5.82 Å². The van der Waals surface area contributed by atoms with Gasteiger partial charge in [0.2, 0.25) is 0 Å². The van der Waals surface area contributed by atoms with E-state index >= 15 is 0 Å². The van der Waals surface area contributed by atoms with E-state index in [0.29, 0.717) is 13.0 Å². The van der Waals surface area contributed by atoms with Gasteiger partial charge in [0.25, 0.3) is 5.91 Å². The molecule has 108 valence electrons. The van der Waals surface area contributed by atoms with Gasteiger partial charge in [-0.15, -0.1) is 0 Å². The Kier molecular flexibility index (Phi) is 3.80. The average molecular weight is 306 g/mol. The van der Waals surface area contributed by atoms with Crippen LogP contribution in [0.1, 0.15) is 28.4 Å². The summed E-state index contributed by atoms with van der Waals surface area (Å²) in [6.07, 6.45) is 0.651. The minimum atomic E-state index is -0.625. The molecule has 1 atom stereocenters. The van der Waals surface area contributed by atoms with Gasteiger partial charge in [-0.1, -0.05) is 29.8 Å². The van der Waals surface area contributed by atoms with Crippen LogP contribution in [-0.4, -0.2) is 12.5 Å². The average Bonchev–Trinajstić information content (AvgIpc) is 2.47. The van der Waals surface area contributed by atoms with Gasteiger partial charge < -0.3 is 10.1 Å². The lowest BCUT2D eigenvalue weighted by atomic mass is 10.00. The van der Waals surface area contributed by atoms with Crippen molar-refractivity contribution < 1.29 is 13.9 Å². The highest BCUT2D eigenvalue weighted by atomic mass is 35.5. The van der Waals surface area contributed by atoms with Gasteiger partial charge in [0, 0.05) is 17.0 Å². The molecule has 1 amide bonds. The summed E-state index contributed by atoms with van der Waals surface area (Å²) >= 11 is 5.69. The fourth-order valence-electron chi connectivity index (χ4n) is 2.40. The van der Waals surface area contributed by atoms with E-state index in [2.05, 4.69) is 5.32 Å². The number of para-hydroxylation sites is 1. The highest BCUT2D eigenvalue weighted by molar-refractivity contribution is 6.30. The molecule has 0 aromatic heterocycles. The summed E-state index contributed by atoms with van der Waals surface area (Å²) in [5, 5.41) is 3.11. The molecule has 5 heteroatoms. The second-order valence-electron chi connectivity index (χ2n) is 4.83. The zero-order chi connectivity index (χ0) is 14.8. The first-order chi connectivity index (χ1) is 10.1. The summed E-state index contributed by atoms with van der Waals surface area (Å²) in [5.74, 6) is -0.322. The largest absolute Gasteiger partial charge is 0.493 e. The lowest BCUT2D eigenvalue weighted by Gasteiger charge is -2.26. The van der Waals surface area contributed by atoms with Gasteiger partial charge in [-0.2, -0.15) is 0 Å². The van der Waals surface area contributed by atoms with Crippen LogP contribution in [0.5, 0.6) is 5.75 Å². The van der Waals surface area contributed by atoms with E-state index in [0.717, 1.165) is 17.4 Å². The van der Waals surface area contributed by atoms with Crippen LogP contribution in [0.4, 0.5) is 4.39 Å². The number of fused-ring (bicyclic) bond motifs is 1. The van der Waals surface area contributed by atoms with Gasteiger partial charge in [0.1, 0.15) is 11.6 Å². The predicted octanol–water partition coefficient (Wildman–Crippen LogP) is 3.73. The molecule has 21 heavy (non-hydrogen) atoms. The maximum absolute atomic E-state index is 13.8. The number of carbonyl (C=O) groups is 1. The van der Waals surface area contributed by atoms with Gasteiger partial charge in [0.15, 0.2) is 0 Å². The maximum atomic E-state index is 13.8. The first-order valence-corrected chi connectivity index (χ1v) is 7.00. The summed E-state index contributed by atoms with van der Waals surface area (Å²) in [7, 11) is 0. The molecule has 0 radical (unpaired) electrons. The molecule has 1 heterocycles. The van der Waals surface area contributed by atoms with Gasteiger partial charge in [-0.3, -0.25) is 4.79 Å². The molecule has 1 unspecified atom stereocenters. The molecule has 0 aliphatic carbocycles. The molecular weight excluding hydrogens is 293 g/mol. The number of benzene rings is 2. The normalized spacial score (nSPS) is 16.8. The molecule has 0 bridgehead atoms. The second kappa shape index (κ2) is 5.74. The fourth-order valence-corrected chi connectivity index (χ4v) is 2.56. The van der Waals surface area contributed by atoms with Crippen molar-refractivity contribution in [2.45, 2.75) is 12.5 Å². The molecule has 2 aromatic carbocycles. The lowest BCUT2D eigenvalue weighted by Crippen LogP contribution is -2.32. The number of hydrogen-bond acceptors (Lipinski definition) is 2. The van der Waals surface area contributed by atoms with Crippen LogP contribution in [0.15, 0.2) is 42.5 Å². The topological polar surface area (TPSA) is 38.3 Å². The van der Waals surface area contributed by atoms with Crippen molar-refractivity contribution in [3.8, 4) is 5.75 Å². The Bertz CT molecular complexity index is 690. The Balaban J connectivity index is 1.83. The van der Waals surface area contributed by atoms with E-state index in [9.17, 15) is 9.18 Å². The first kappa shape index (κ1) is 13.9. The Labute approximate surface area is 126 Å². The van der Waals surface area contributed by atoms with E-state index in [1.165, 1.54) is 12.1 Å². The molecule has 0 fully saturated rings. The van der Waals surface area contributed by atoms with E-state index in [4.69, 9.17) is 16.3 Å². The van der Waals surface area contributed by atoms with Crippen molar-refractivity contribution in [3.63, 3.8) is 0 Å². The summed E-state index contributed by atoms with van der Waals surface area (Å²) in [4.78, 5) is 12.2. The third kappa shape index (κ3) is 2.85. The molecule has 3 nitrogen and oxygen atoms in total. The first-order valence-electron chi connectivity index (χ1n) is 6.63. The number of amides is 1. The predicted molar refractivity (Wildman–Crippen MR) is 78.2 cm³/mol. The zero-order valence-electron chi connectivity index (χ0n) is 11.1. The van der Waals surface area contributed by atoms with E-state index in [1.807, 2.05) is 24.3 Å². The third-order valence-electron chi connectivity index (χ3n) is 3.44. The number of nitrogens with one attached hydrogen (secondary N) is 1. The molecule has 0 saturated carbocycles. The van der Waals surface area contributed by atoms with Crippen molar-refractivity contribution >= 4 is 17.5 Å². The Morgan fingerprint density at radius 1 is 1.29 bits per heavy atom. The number of carbonyl (C=O) groups excluding carboxylic acids is 1. The molecule has 1 aliphatic rings. The second-order valence-corrected chi connectivity index (χ2v) is 5.26. The zero-order valence-corrected chi connectivity index (χ0v) is 11.9. The molecule has 1 N–H and O–H groups in total. The van der Waals surface area contributed by atoms with Crippen molar-refractivity contribution in [2.24, 2.45) is 0 Å². The van der Waals surface area contributed by atoms with Crippen LogP contribution in [0.3, 0.4) is 0 Å². The Hall–Kier alpha value is -2.07. The van der Waals surface area contributed by atoms with Crippen LogP contribution in [0.25, 0.3) is 0 Å². The van der Waals surface area contributed by atoms with Crippen molar-refractivity contribution in [1.29, 1.82) is 0 Å². The minimum Gasteiger partial charge on any atom is -0.493 e. The SMILES string of the molecule is O=C(NC1CCOc2ccccc21)c1ccc(Cl)cc1F. The summed E-state index contributed by atoms with van der Waals surface area (Å²) in [5.41, 5.74) is 0.898. The molecule has 0 saturated heterocycles. The highest BCUT2D eigenvalue weighted by Gasteiger charge is 2.24. The van der Waals surface area contributed by atoms with Gasteiger partial charge >= 0.3 is 0 Å². The molecular formula is C16H13ClFNO2. The monoisotopic (exact) mass is 305 g/mol. The smallest absolute Gasteiger partial charge is 0.254 e. The lowest BCUT2D eigenvalue weighted by molar-refractivity contribution is 0.0920. The van der Waals surface area contributed by atoms with Gasteiger partial charge in [-0.25, -0.2) is 4.39 Å². The van der Waals surface area contributed by atoms with Crippen molar-refractivity contribution in [2.75, 3.05) is 6.61 Å². The summed E-state index contributed by atoms with van der Waals surface area (Å²) < 4.78 is 19.3. The standard InChI is InChI=1S/C16H13ClFNO2/c17-10-5-6-11(13(18)9-10)16(20)19-14-7-8-21-15-4-2-1-3-12(14)15/h1-6,9,14H,7-8H2,(H,19,20). The van der Waals surface area contributed by atoms with Crippen LogP contribution < -0.4 is 10.1 Å². The number of halogens is 2. The summed E-state index contributed by atoms with van der Waals surface area (Å²) in [6, 6.07) is 11.4.